The van der Waals surface area contributed by atoms with E-state index < -0.39 is 0 Å². The van der Waals surface area contributed by atoms with Crippen LogP contribution >= 0.6 is 11.6 Å². The summed E-state index contributed by atoms with van der Waals surface area (Å²) in [6.45, 7) is 3.05. The molecule has 0 atom stereocenters. The summed E-state index contributed by atoms with van der Waals surface area (Å²) >= 11 is 6.05. The van der Waals surface area contributed by atoms with Gasteiger partial charge in [-0.15, -0.1) is 0 Å². The Kier molecular flexibility index (Phi) is 5.23. The molecule has 1 aliphatic heterocycles. The van der Waals surface area contributed by atoms with Crippen LogP contribution in [-0.2, 0) is 11.2 Å². The van der Waals surface area contributed by atoms with Gasteiger partial charge in [-0.05, 0) is 50.5 Å². The largest absolute Gasteiger partial charge is 0.356 e. The van der Waals surface area contributed by atoms with Gasteiger partial charge >= 0.3 is 0 Å². The number of benzene rings is 1. The molecular formula is C15H21ClN2O. The third kappa shape index (κ3) is 4.51. The predicted molar refractivity (Wildman–Crippen MR) is 78.4 cm³/mol. The van der Waals surface area contributed by atoms with E-state index in [0.29, 0.717) is 17.4 Å². The van der Waals surface area contributed by atoms with Crippen LogP contribution in [0, 0.1) is 5.92 Å². The second kappa shape index (κ2) is 6.92. The minimum Gasteiger partial charge on any atom is -0.356 e. The van der Waals surface area contributed by atoms with Crippen LogP contribution in [0.5, 0.6) is 0 Å². The first-order valence-electron chi connectivity index (χ1n) is 6.84. The van der Waals surface area contributed by atoms with Crippen LogP contribution in [0.25, 0.3) is 0 Å². The number of amides is 1. The topological polar surface area (TPSA) is 32.3 Å². The van der Waals surface area contributed by atoms with E-state index in [2.05, 4.69) is 17.3 Å². The average Bonchev–Trinajstić information content (AvgIpc) is 2.41. The number of nitrogens with one attached hydrogen (secondary N) is 1. The lowest BCUT2D eigenvalue weighted by atomic mass is 9.97. The first kappa shape index (κ1) is 14.4. The SMILES string of the molecule is CN1CCC(CNC(=O)Cc2ccccc2Cl)CC1. The zero-order chi connectivity index (χ0) is 13.7. The Morgan fingerprint density at radius 2 is 2.05 bits per heavy atom. The quantitative estimate of drug-likeness (QED) is 0.918. The summed E-state index contributed by atoms with van der Waals surface area (Å²) in [6.07, 6.45) is 2.71. The van der Waals surface area contributed by atoms with Gasteiger partial charge in [0.1, 0.15) is 0 Å². The molecule has 1 N–H and O–H groups in total. The van der Waals surface area contributed by atoms with Crippen molar-refractivity contribution in [1.29, 1.82) is 0 Å². The second-order valence-corrected chi connectivity index (χ2v) is 5.73. The number of halogens is 1. The van der Waals surface area contributed by atoms with Crippen molar-refractivity contribution in [3.63, 3.8) is 0 Å². The fourth-order valence-electron chi connectivity index (χ4n) is 2.40. The molecule has 0 unspecified atom stereocenters. The summed E-state index contributed by atoms with van der Waals surface area (Å²) in [6, 6.07) is 7.51. The molecule has 19 heavy (non-hydrogen) atoms. The number of likely N-dealkylation sites (tertiary alicyclic amines) is 1. The number of hydrogen-bond acceptors (Lipinski definition) is 2. The van der Waals surface area contributed by atoms with Crippen LogP contribution in [0.1, 0.15) is 18.4 Å². The molecule has 1 aliphatic rings. The highest BCUT2D eigenvalue weighted by Gasteiger charge is 2.17. The summed E-state index contributed by atoms with van der Waals surface area (Å²) in [7, 11) is 2.15. The maximum absolute atomic E-state index is 11.9. The zero-order valence-electron chi connectivity index (χ0n) is 11.4. The normalized spacial score (nSPS) is 17.4. The highest BCUT2D eigenvalue weighted by atomic mass is 35.5. The molecule has 0 spiro atoms. The first-order chi connectivity index (χ1) is 9.15. The average molecular weight is 281 g/mol. The molecule has 0 bridgehead atoms. The third-order valence-electron chi connectivity index (χ3n) is 3.73. The van der Waals surface area contributed by atoms with Crippen molar-refractivity contribution in [3.8, 4) is 0 Å². The molecule has 1 fully saturated rings. The maximum atomic E-state index is 11.9. The number of carbonyl (C=O) groups is 1. The van der Waals surface area contributed by atoms with Crippen LogP contribution in [0.3, 0.4) is 0 Å². The van der Waals surface area contributed by atoms with Crippen LogP contribution in [0.15, 0.2) is 24.3 Å². The summed E-state index contributed by atoms with van der Waals surface area (Å²) in [4.78, 5) is 14.2. The van der Waals surface area contributed by atoms with Crippen LogP contribution < -0.4 is 5.32 Å². The van der Waals surface area contributed by atoms with Crippen LogP contribution in [-0.4, -0.2) is 37.5 Å². The van der Waals surface area contributed by atoms with E-state index >= 15 is 0 Å². The van der Waals surface area contributed by atoms with Crippen molar-refractivity contribution in [1.82, 2.24) is 10.2 Å². The van der Waals surface area contributed by atoms with Crippen molar-refractivity contribution in [3.05, 3.63) is 34.9 Å². The molecule has 0 aliphatic carbocycles. The standard InChI is InChI=1S/C15H21ClN2O/c1-18-8-6-12(7-9-18)11-17-15(19)10-13-4-2-3-5-14(13)16/h2-5,12H,6-11H2,1H3,(H,17,19). The zero-order valence-corrected chi connectivity index (χ0v) is 12.1. The Hall–Kier alpha value is -1.06. The number of hydrogen-bond donors (Lipinski definition) is 1. The Labute approximate surface area is 119 Å². The summed E-state index contributed by atoms with van der Waals surface area (Å²) < 4.78 is 0. The molecular weight excluding hydrogens is 260 g/mol. The Morgan fingerprint density at radius 3 is 2.74 bits per heavy atom. The van der Waals surface area contributed by atoms with Crippen molar-refractivity contribution < 1.29 is 4.79 Å². The van der Waals surface area contributed by atoms with E-state index in [1.54, 1.807) is 0 Å². The van der Waals surface area contributed by atoms with E-state index in [1.165, 1.54) is 12.8 Å². The Bertz CT molecular complexity index is 428. The lowest BCUT2D eigenvalue weighted by Gasteiger charge is -2.28. The lowest BCUT2D eigenvalue weighted by molar-refractivity contribution is -0.120. The van der Waals surface area contributed by atoms with Crippen molar-refractivity contribution in [2.75, 3.05) is 26.7 Å². The fourth-order valence-corrected chi connectivity index (χ4v) is 2.60. The van der Waals surface area contributed by atoms with Gasteiger partial charge in [0, 0.05) is 11.6 Å². The van der Waals surface area contributed by atoms with Gasteiger partial charge in [-0.2, -0.15) is 0 Å². The Morgan fingerprint density at radius 1 is 1.37 bits per heavy atom. The summed E-state index contributed by atoms with van der Waals surface area (Å²) in [5, 5.41) is 3.69. The second-order valence-electron chi connectivity index (χ2n) is 5.32. The molecule has 1 heterocycles. The molecule has 0 saturated carbocycles. The Balaban J connectivity index is 1.74. The molecule has 0 radical (unpaired) electrons. The van der Waals surface area contributed by atoms with Gasteiger partial charge in [-0.1, -0.05) is 29.8 Å². The summed E-state index contributed by atoms with van der Waals surface area (Å²) in [5.41, 5.74) is 0.894. The highest BCUT2D eigenvalue weighted by Crippen LogP contribution is 2.16. The molecule has 3 nitrogen and oxygen atoms in total. The molecule has 104 valence electrons. The van der Waals surface area contributed by atoms with E-state index in [9.17, 15) is 4.79 Å². The van der Waals surface area contributed by atoms with E-state index in [1.807, 2.05) is 24.3 Å². The van der Waals surface area contributed by atoms with Gasteiger partial charge in [0.15, 0.2) is 0 Å². The molecule has 1 amide bonds. The molecule has 1 saturated heterocycles. The van der Waals surface area contributed by atoms with E-state index in [-0.39, 0.29) is 5.91 Å². The highest BCUT2D eigenvalue weighted by molar-refractivity contribution is 6.31. The van der Waals surface area contributed by atoms with Gasteiger partial charge in [-0.3, -0.25) is 4.79 Å². The number of nitrogens with zero attached hydrogens (tertiary/aromatic N) is 1. The lowest BCUT2D eigenvalue weighted by Crippen LogP contribution is -2.37. The predicted octanol–water partition coefficient (Wildman–Crippen LogP) is 2.34. The molecule has 0 aromatic heterocycles. The van der Waals surface area contributed by atoms with Crippen molar-refractivity contribution >= 4 is 17.5 Å². The number of carbonyl (C=O) groups excluding carboxylic acids is 1. The third-order valence-corrected chi connectivity index (χ3v) is 4.10. The van der Waals surface area contributed by atoms with Crippen molar-refractivity contribution in [2.45, 2.75) is 19.3 Å². The molecule has 2 rings (SSSR count). The summed E-state index contributed by atoms with van der Waals surface area (Å²) in [5.74, 6) is 0.679. The minimum absolute atomic E-state index is 0.0621. The smallest absolute Gasteiger partial charge is 0.224 e. The number of rotatable bonds is 4. The van der Waals surface area contributed by atoms with Gasteiger partial charge in [0.25, 0.3) is 0 Å². The maximum Gasteiger partial charge on any atom is 0.224 e. The van der Waals surface area contributed by atoms with Crippen molar-refractivity contribution in [2.24, 2.45) is 5.92 Å². The first-order valence-corrected chi connectivity index (χ1v) is 7.21. The number of piperidine rings is 1. The van der Waals surface area contributed by atoms with E-state index in [4.69, 9.17) is 11.6 Å². The fraction of sp³-hybridized carbons (Fsp3) is 0.533. The van der Waals surface area contributed by atoms with Crippen LogP contribution in [0.2, 0.25) is 5.02 Å². The van der Waals surface area contributed by atoms with Gasteiger partial charge in [0.2, 0.25) is 5.91 Å². The molecule has 1 aromatic rings. The van der Waals surface area contributed by atoms with Gasteiger partial charge < -0.3 is 10.2 Å². The van der Waals surface area contributed by atoms with Gasteiger partial charge in [-0.25, -0.2) is 0 Å². The monoisotopic (exact) mass is 280 g/mol. The molecule has 1 aromatic carbocycles. The molecule has 4 heteroatoms. The van der Waals surface area contributed by atoms with E-state index in [0.717, 1.165) is 25.2 Å². The van der Waals surface area contributed by atoms with Crippen LogP contribution in [0.4, 0.5) is 0 Å². The van der Waals surface area contributed by atoms with Gasteiger partial charge in [0.05, 0.1) is 6.42 Å². The minimum atomic E-state index is 0.0621.